The van der Waals surface area contributed by atoms with Crippen LogP contribution in [0.5, 0.6) is 0 Å². The third kappa shape index (κ3) is 6.76. The van der Waals surface area contributed by atoms with Gasteiger partial charge in [-0.3, -0.25) is 9.98 Å². The Labute approximate surface area is 164 Å². The van der Waals surface area contributed by atoms with Crippen LogP contribution in [-0.2, 0) is 0 Å². The van der Waals surface area contributed by atoms with Crippen molar-refractivity contribution in [2.24, 2.45) is 15.9 Å². The Morgan fingerprint density at radius 2 is 1.58 bits per heavy atom. The Morgan fingerprint density at radius 3 is 2.12 bits per heavy atom. The van der Waals surface area contributed by atoms with E-state index in [1.165, 1.54) is 22.3 Å². The highest BCUT2D eigenvalue weighted by Gasteiger charge is 2.06. The van der Waals surface area contributed by atoms with Gasteiger partial charge in [-0.05, 0) is 82.1 Å². The van der Waals surface area contributed by atoms with E-state index in [1.807, 2.05) is 32.2 Å². The molecule has 2 rings (SSSR count). The lowest BCUT2D eigenvalue weighted by atomic mass is 10.1. The second-order valence-corrected chi connectivity index (χ2v) is 7.09. The molecular weight excluding hydrogens is 340 g/mol. The summed E-state index contributed by atoms with van der Waals surface area (Å²) in [7, 11) is 0. The van der Waals surface area contributed by atoms with Gasteiger partial charge in [0.15, 0.2) is 0 Å². The Morgan fingerprint density at radius 1 is 1.00 bits per heavy atom. The number of aliphatic imine (C=N–C) groups is 2. The van der Waals surface area contributed by atoms with Gasteiger partial charge >= 0.3 is 0 Å². The van der Waals surface area contributed by atoms with Crippen LogP contribution in [0.4, 0.5) is 5.69 Å². The van der Waals surface area contributed by atoms with Crippen molar-refractivity contribution in [2.45, 2.75) is 48.5 Å². The summed E-state index contributed by atoms with van der Waals surface area (Å²) >= 11 is 5.81. The molecule has 140 valence electrons. The fourth-order valence-electron chi connectivity index (χ4n) is 2.27. The Kier molecular flexibility index (Phi) is 9.29. The van der Waals surface area contributed by atoms with E-state index in [1.54, 1.807) is 0 Å². The molecule has 0 bridgehead atoms. The first-order valence-electron chi connectivity index (χ1n) is 9.05. The summed E-state index contributed by atoms with van der Waals surface area (Å²) in [6.45, 7) is 15.3. The molecule has 0 aliphatic carbocycles. The van der Waals surface area contributed by atoms with Crippen molar-refractivity contribution in [3.05, 3.63) is 63.7 Å². The molecule has 0 aromatic heterocycles. The van der Waals surface area contributed by atoms with Gasteiger partial charge < -0.3 is 0 Å². The molecular formula is C23H31ClN2. The van der Waals surface area contributed by atoms with Crippen LogP contribution in [0, 0.1) is 33.6 Å². The highest BCUT2D eigenvalue weighted by molar-refractivity contribution is 6.31. The molecule has 0 heterocycles. The van der Waals surface area contributed by atoms with Gasteiger partial charge in [0.2, 0.25) is 0 Å². The van der Waals surface area contributed by atoms with E-state index in [0.717, 1.165) is 23.0 Å². The number of hydrogen-bond acceptors (Lipinski definition) is 2. The number of rotatable bonds is 4. The summed E-state index contributed by atoms with van der Waals surface area (Å²) in [6, 6.07) is 12.2. The van der Waals surface area contributed by atoms with E-state index in [9.17, 15) is 0 Å². The minimum atomic E-state index is 0.395. The van der Waals surface area contributed by atoms with Crippen LogP contribution in [0.25, 0.3) is 0 Å². The number of aryl methyl sites for hydroxylation is 2. The highest BCUT2D eigenvalue weighted by Crippen LogP contribution is 2.22. The zero-order chi connectivity index (χ0) is 19.7. The lowest BCUT2D eigenvalue weighted by Crippen LogP contribution is -2.10. The highest BCUT2D eigenvalue weighted by atomic mass is 35.5. The maximum Gasteiger partial charge on any atom is 0.0660 e. The van der Waals surface area contributed by atoms with Crippen molar-refractivity contribution >= 4 is 29.2 Å². The molecule has 0 spiro atoms. The maximum absolute atomic E-state index is 5.81. The van der Waals surface area contributed by atoms with Crippen LogP contribution in [0.15, 0.2) is 46.4 Å². The molecule has 0 aliphatic heterocycles. The quantitative estimate of drug-likeness (QED) is 0.513. The predicted octanol–water partition coefficient (Wildman–Crippen LogP) is 7.08. The zero-order valence-corrected chi connectivity index (χ0v) is 17.9. The molecule has 0 aliphatic rings. The molecule has 0 radical (unpaired) electrons. The Balaban J connectivity index is 0.000000314. The van der Waals surface area contributed by atoms with Crippen LogP contribution >= 0.6 is 11.6 Å². The second-order valence-electron chi connectivity index (χ2n) is 6.68. The van der Waals surface area contributed by atoms with Crippen molar-refractivity contribution < 1.29 is 0 Å². The minimum Gasteiger partial charge on any atom is -0.297 e. The van der Waals surface area contributed by atoms with E-state index < -0.39 is 0 Å². The molecule has 2 nitrogen and oxygen atoms in total. The molecule has 0 saturated heterocycles. The molecule has 0 fully saturated rings. The summed E-state index contributed by atoms with van der Waals surface area (Å²) in [5, 5.41) is 0.856. The lowest BCUT2D eigenvalue weighted by molar-refractivity contribution is 0.782. The molecule has 0 saturated carbocycles. The van der Waals surface area contributed by atoms with E-state index in [-0.39, 0.29) is 0 Å². The summed E-state index contributed by atoms with van der Waals surface area (Å²) in [4.78, 5) is 8.98. The Hall–Kier alpha value is -1.93. The summed E-state index contributed by atoms with van der Waals surface area (Å²) < 4.78 is 0. The molecule has 0 amide bonds. The lowest BCUT2D eigenvalue weighted by Gasteiger charge is -2.10. The molecule has 1 unspecified atom stereocenters. The van der Waals surface area contributed by atoms with Gasteiger partial charge in [-0.1, -0.05) is 42.8 Å². The van der Waals surface area contributed by atoms with Gasteiger partial charge in [-0.15, -0.1) is 0 Å². The van der Waals surface area contributed by atoms with E-state index in [0.29, 0.717) is 5.92 Å². The zero-order valence-electron chi connectivity index (χ0n) is 17.1. The normalized spacial score (nSPS) is 12.7. The third-order valence-electron chi connectivity index (χ3n) is 4.69. The molecule has 2 aromatic carbocycles. The smallest absolute Gasteiger partial charge is 0.0660 e. The van der Waals surface area contributed by atoms with Crippen molar-refractivity contribution in [1.82, 2.24) is 0 Å². The summed E-state index contributed by atoms with van der Waals surface area (Å²) in [5.41, 5.74) is 7.21. The van der Waals surface area contributed by atoms with E-state index in [4.69, 9.17) is 16.6 Å². The van der Waals surface area contributed by atoms with Gasteiger partial charge in [0.1, 0.15) is 0 Å². The van der Waals surface area contributed by atoms with Crippen LogP contribution in [0.2, 0.25) is 5.02 Å². The van der Waals surface area contributed by atoms with Gasteiger partial charge in [-0.2, -0.15) is 0 Å². The van der Waals surface area contributed by atoms with Crippen LogP contribution < -0.4 is 0 Å². The first kappa shape index (κ1) is 22.1. The van der Waals surface area contributed by atoms with Crippen LogP contribution in [0.3, 0.4) is 0 Å². The van der Waals surface area contributed by atoms with E-state index >= 15 is 0 Å². The SMILES string of the molecule is CC=NCC(C)C(C)=Nc1cccc(C)c1C.Cc1cccc(Cl)c1C. The first-order valence-corrected chi connectivity index (χ1v) is 9.43. The topological polar surface area (TPSA) is 24.7 Å². The molecule has 0 N–H and O–H groups in total. The molecule has 26 heavy (non-hydrogen) atoms. The first-order chi connectivity index (χ1) is 12.3. The van der Waals surface area contributed by atoms with Gasteiger partial charge in [0.25, 0.3) is 0 Å². The average molecular weight is 371 g/mol. The van der Waals surface area contributed by atoms with E-state index in [2.05, 4.69) is 63.9 Å². The van der Waals surface area contributed by atoms with Gasteiger partial charge in [0.05, 0.1) is 5.69 Å². The van der Waals surface area contributed by atoms with Crippen LogP contribution in [-0.4, -0.2) is 18.5 Å². The standard InChI is InChI=1S/C15H22N2.C8H9Cl/c1-6-16-10-12(3)14(5)17-15-9-7-8-11(2)13(15)4;1-6-4-3-5-8(9)7(6)2/h6-9,12H,10H2,1-5H3;3-5H,1-2H3. The largest absolute Gasteiger partial charge is 0.297 e. The Bertz CT molecular complexity index is 756. The maximum atomic E-state index is 5.81. The van der Waals surface area contributed by atoms with Crippen molar-refractivity contribution in [1.29, 1.82) is 0 Å². The summed E-state index contributed by atoms with van der Waals surface area (Å²) in [5.74, 6) is 0.395. The number of benzene rings is 2. The van der Waals surface area contributed by atoms with Gasteiger partial charge in [-0.25, -0.2) is 0 Å². The molecule has 3 heteroatoms. The minimum absolute atomic E-state index is 0.395. The fraction of sp³-hybridized carbons (Fsp3) is 0.391. The number of hydrogen-bond donors (Lipinski definition) is 0. The average Bonchev–Trinajstić information content (AvgIpc) is 2.62. The predicted molar refractivity (Wildman–Crippen MR) is 118 cm³/mol. The van der Waals surface area contributed by atoms with Gasteiger partial charge in [0, 0.05) is 23.2 Å². The third-order valence-corrected chi connectivity index (χ3v) is 5.10. The number of halogens is 1. The summed E-state index contributed by atoms with van der Waals surface area (Å²) in [6.07, 6.45) is 1.85. The van der Waals surface area contributed by atoms with Crippen molar-refractivity contribution in [3.8, 4) is 0 Å². The van der Waals surface area contributed by atoms with Crippen molar-refractivity contribution in [2.75, 3.05) is 6.54 Å². The van der Waals surface area contributed by atoms with Crippen LogP contribution in [0.1, 0.15) is 43.0 Å². The number of nitrogens with zero attached hydrogens (tertiary/aromatic N) is 2. The fourth-order valence-corrected chi connectivity index (χ4v) is 2.49. The van der Waals surface area contributed by atoms with Crippen molar-refractivity contribution in [3.63, 3.8) is 0 Å². The molecule has 1 atom stereocenters. The second kappa shape index (κ2) is 10.9. The molecule has 2 aromatic rings. The monoisotopic (exact) mass is 370 g/mol.